The predicted molar refractivity (Wildman–Crippen MR) is 114 cm³/mol. The highest BCUT2D eigenvalue weighted by molar-refractivity contribution is 6.60. The molecule has 0 radical (unpaired) electrons. The van der Waals surface area contributed by atoms with Crippen molar-refractivity contribution in [3.8, 4) is 0 Å². The maximum atomic E-state index is 5.91. The molecule has 5 nitrogen and oxygen atoms in total. The summed E-state index contributed by atoms with van der Waals surface area (Å²) in [4.78, 5) is 0. The summed E-state index contributed by atoms with van der Waals surface area (Å²) >= 11 is 0. The molecule has 0 unspecified atom stereocenters. The molecule has 0 saturated heterocycles. The van der Waals surface area contributed by atoms with Crippen LogP contribution in [-0.2, 0) is 22.8 Å². The quantitative estimate of drug-likeness (QED) is 0.173. The zero-order valence-corrected chi connectivity index (χ0v) is 19.6. The van der Waals surface area contributed by atoms with Gasteiger partial charge in [-0.2, -0.15) is 0 Å². The van der Waals surface area contributed by atoms with E-state index in [1.165, 1.54) is 51.4 Å². The third-order valence-electron chi connectivity index (χ3n) is 4.50. The van der Waals surface area contributed by atoms with E-state index in [0.717, 1.165) is 38.7 Å². The summed E-state index contributed by atoms with van der Waals surface area (Å²) in [7, 11) is -0.686. The molecule has 0 spiro atoms. The molecule has 0 N–H and O–H groups in total. The summed E-state index contributed by atoms with van der Waals surface area (Å²) in [6.45, 7) is 10.6. The largest absolute Gasteiger partial charge is 0.500 e. The number of unbranched alkanes of at least 4 members (excludes halogenated alkanes) is 8. The Labute approximate surface area is 169 Å². The molecule has 0 fully saturated rings. The SMILES string of the molecule is CCO[Si](CCCCCCCCCCCOCCCOC)(OCC)OCC. The Bertz CT molecular complexity index is 275. The Morgan fingerprint density at radius 1 is 0.519 bits per heavy atom. The van der Waals surface area contributed by atoms with Crippen molar-refractivity contribution in [2.24, 2.45) is 0 Å². The molecule has 0 heterocycles. The standard InChI is InChI=1S/C21H46O5Si/c1-5-24-27(25-6-2,26-7-3)21-16-14-12-10-8-9-11-13-15-19-23-20-17-18-22-4/h5-21H2,1-4H3. The second-order valence-electron chi connectivity index (χ2n) is 6.87. The molecule has 0 rings (SSSR count). The molecule has 0 aromatic carbocycles. The second-order valence-corrected chi connectivity index (χ2v) is 9.60. The van der Waals surface area contributed by atoms with Crippen LogP contribution in [0.3, 0.4) is 0 Å². The molecular formula is C21H46O5Si. The van der Waals surface area contributed by atoms with E-state index in [-0.39, 0.29) is 0 Å². The molecule has 0 bridgehead atoms. The van der Waals surface area contributed by atoms with Gasteiger partial charge in [0.15, 0.2) is 0 Å². The Morgan fingerprint density at radius 2 is 0.963 bits per heavy atom. The van der Waals surface area contributed by atoms with Gasteiger partial charge in [0.05, 0.1) is 0 Å². The first-order valence-electron chi connectivity index (χ1n) is 11.2. The van der Waals surface area contributed by atoms with E-state index in [1.807, 2.05) is 20.8 Å². The lowest BCUT2D eigenvalue weighted by molar-refractivity contribution is 0.0706. The molecule has 0 aromatic rings. The van der Waals surface area contributed by atoms with Crippen molar-refractivity contribution in [3.63, 3.8) is 0 Å². The number of ether oxygens (including phenoxy) is 2. The molecule has 0 saturated carbocycles. The lowest BCUT2D eigenvalue weighted by Crippen LogP contribution is -2.45. The smallest absolute Gasteiger partial charge is 0.385 e. The Morgan fingerprint density at radius 3 is 1.44 bits per heavy atom. The number of methoxy groups -OCH3 is 1. The summed E-state index contributed by atoms with van der Waals surface area (Å²) in [6.07, 6.45) is 12.5. The summed E-state index contributed by atoms with van der Waals surface area (Å²) in [5.41, 5.74) is 0. The van der Waals surface area contributed by atoms with E-state index in [2.05, 4.69) is 0 Å². The van der Waals surface area contributed by atoms with E-state index in [1.54, 1.807) is 7.11 Å². The van der Waals surface area contributed by atoms with Gasteiger partial charge in [0.25, 0.3) is 0 Å². The molecule has 6 heteroatoms. The van der Waals surface area contributed by atoms with E-state index >= 15 is 0 Å². The highest BCUT2D eigenvalue weighted by Crippen LogP contribution is 2.20. The van der Waals surface area contributed by atoms with Gasteiger partial charge in [-0.1, -0.05) is 44.9 Å². The lowest BCUT2D eigenvalue weighted by Gasteiger charge is -2.28. The van der Waals surface area contributed by atoms with Gasteiger partial charge in [-0.3, -0.25) is 0 Å². The summed E-state index contributed by atoms with van der Waals surface area (Å²) in [5, 5.41) is 0. The molecule has 0 aliphatic rings. The molecule has 0 amide bonds. The van der Waals surface area contributed by atoms with Gasteiger partial charge in [0, 0.05) is 52.8 Å². The summed E-state index contributed by atoms with van der Waals surface area (Å²) in [6, 6.07) is 0.951. The lowest BCUT2D eigenvalue weighted by atomic mass is 10.1. The van der Waals surface area contributed by atoms with Crippen molar-refractivity contribution in [1.29, 1.82) is 0 Å². The maximum Gasteiger partial charge on any atom is 0.500 e. The molecule has 27 heavy (non-hydrogen) atoms. The third kappa shape index (κ3) is 16.7. The van der Waals surface area contributed by atoms with Crippen LogP contribution in [0.15, 0.2) is 0 Å². The molecule has 0 aromatic heterocycles. The van der Waals surface area contributed by atoms with Crippen LogP contribution in [-0.4, -0.2) is 55.6 Å². The van der Waals surface area contributed by atoms with Crippen molar-refractivity contribution in [2.45, 2.75) is 91.0 Å². The number of rotatable bonds is 22. The first kappa shape index (κ1) is 27.0. The predicted octanol–water partition coefficient (Wildman–Crippen LogP) is 5.60. The van der Waals surface area contributed by atoms with Gasteiger partial charge >= 0.3 is 8.80 Å². The van der Waals surface area contributed by atoms with E-state index < -0.39 is 8.80 Å². The highest BCUT2D eigenvalue weighted by atomic mass is 28.4. The Balaban J connectivity index is 3.49. The molecule has 0 atom stereocenters. The zero-order chi connectivity index (χ0) is 20.1. The fraction of sp³-hybridized carbons (Fsp3) is 1.00. The first-order valence-corrected chi connectivity index (χ1v) is 13.2. The van der Waals surface area contributed by atoms with Crippen LogP contribution in [0.2, 0.25) is 6.04 Å². The maximum absolute atomic E-state index is 5.91. The van der Waals surface area contributed by atoms with Crippen molar-refractivity contribution >= 4 is 8.80 Å². The molecule has 0 aliphatic carbocycles. The van der Waals surface area contributed by atoms with Crippen molar-refractivity contribution in [3.05, 3.63) is 0 Å². The Kier molecular flexibility index (Phi) is 20.8. The van der Waals surface area contributed by atoms with Gasteiger partial charge in [-0.25, -0.2) is 0 Å². The van der Waals surface area contributed by atoms with E-state index in [0.29, 0.717) is 19.8 Å². The van der Waals surface area contributed by atoms with Crippen LogP contribution in [0.25, 0.3) is 0 Å². The van der Waals surface area contributed by atoms with Crippen LogP contribution >= 0.6 is 0 Å². The minimum atomic E-state index is -2.42. The topological polar surface area (TPSA) is 46.2 Å². The van der Waals surface area contributed by atoms with Crippen LogP contribution in [0, 0.1) is 0 Å². The van der Waals surface area contributed by atoms with Crippen molar-refractivity contribution in [2.75, 3.05) is 46.8 Å². The third-order valence-corrected chi connectivity index (χ3v) is 7.65. The van der Waals surface area contributed by atoms with Crippen LogP contribution in [0.5, 0.6) is 0 Å². The minimum absolute atomic E-state index is 0.671. The van der Waals surface area contributed by atoms with E-state index in [9.17, 15) is 0 Å². The fourth-order valence-corrected chi connectivity index (χ4v) is 5.88. The zero-order valence-electron chi connectivity index (χ0n) is 18.6. The van der Waals surface area contributed by atoms with Gasteiger partial charge in [-0.05, 0) is 40.0 Å². The van der Waals surface area contributed by atoms with Crippen molar-refractivity contribution < 1.29 is 22.8 Å². The molecular weight excluding hydrogens is 360 g/mol. The number of hydrogen-bond donors (Lipinski definition) is 0. The van der Waals surface area contributed by atoms with Gasteiger partial charge in [0.2, 0.25) is 0 Å². The van der Waals surface area contributed by atoms with Gasteiger partial charge in [0.1, 0.15) is 0 Å². The minimum Gasteiger partial charge on any atom is -0.385 e. The Hall–Kier alpha value is 0.0169. The normalized spacial score (nSPS) is 12.0. The van der Waals surface area contributed by atoms with Crippen LogP contribution < -0.4 is 0 Å². The summed E-state index contributed by atoms with van der Waals surface area (Å²) in [5.74, 6) is 0. The average molecular weight is 407 g/mol. The van der Waals surface area contributed by atoms with Crippen molar-refractivity contribution in [1.82, 2.24) is 0 Å². The fourth-order valence-electron chi connectivity index (χ4n) is 3.19. The first-order chi connectivity index (χ1) is 13.2. The average Bonchev–Trinajstić information content (AvgIpc) is 2.65. The van der Waals surface area contributed by atoms with E-state index in [4.69, 9.17) is 22.8 Å². The second kappa shape index (κ2) is 20.7. The highest BCUT2D eigenvalue weighted by Gasteiger charge is 2.39. The number of hydrogen-bond acceptors (Lipinski definition) is 5. The monoisotopic (exact) mass is 406 g/mol. The molecule has 0 aliphatic heterocycles. The van der Waals surface area contributed by atoms with Crippen LogP contribution in [0.1, 0.15) is 85.0 Å². The van der Waals surface area contributed by atoms with Crippen LogP contribution in [0.4, 0.5) is 0 Å². The van der Waals surface area contributed by atoms with Gasteiger partial charge < -0.3 is 22.8 Å². The summed E-state index contributed by atoms with van der Waals surface area (Å²) < 4.78 is 28.3. The van der Waals surface area contributed by atoms with Gasteiger partial charge in [-0.15, -0.1) is 0 Å². The molecule has 164 valence electrons.